The van der Waals surface area contributed by atoms with E-state index in [2.05, 4.69) is 4.98 Å². The molecule has 0 aliphatic heterocycles. The van der Waals surface area contributed by atoms with Gasteiger partial charge in [0, 0.05) is 12.6 Å². The number of thiazole rings is 1. The molecule has 3 aromatic rings. The van der Waals surface area contributed by atoms with Crippen molar-refractivity contribution in [3.05, 3.63) is 65.5 Å². The second-order valence-electron chi connectivity index (χ2n) is 5.39. The van der Waals surface area contributed by atoms with Crippen LogP contribution in [-0.2, 0) is 4.79 Å². The van der Waals surface area contributed by atoms with E-state index in [9.17, 15) is 9.18 Å². The third-order valence-corrected chi connectivity index (χ3v) is 4.75. The molecule has 0 radical (unpaired) electrons. The maximum Gasteiger partial charge on any atom is 0.252 e. The molecule has 0 aliphatic carbocycles. The first-order chi connectivity index (χ1) is 11.6. The van der Waals surface area contributed by atoms with Gasteiger partial charge in [-0.3, -0.25) is 9.69 Å². The molecule has 0 unspecified atom stereocenters. The minimum Gasteiger partial charge on any atom is -0.285 e. The molecule has 3 rings (SSSR count). The highest BCUT2D eigenvalue weighted by atomic mass is 32.1. The molecule has 0 saturated carbocycles. The van der Waals surface area contributed by atoms with Crippen LogP contribution in [0.5, 0.6) is 0 Å². The first kappa shape index (κ1) is 16.3. The number of anilines is 1. The maximum atomic E-state index is 12.9. The summed E-state index contributed by atoms with van der Waals surface area (Å²) in [6.07, 6.45) is 3.18. The number of benzene rings is 2. The molecule has 122 valence electrons. The highest BCUT2D eigenvalue weighted by Crippen LogP contribution is 2.30. The number of hydrogen-bond acceptors (Lipinski definition) is 3. The molecular formula is C19H17FN2OS. The molecular weight excluding hydrogens is 323 g/mol. The van der Waals surface area contributed by atoms with Crippen LogP contribution in [0, 0.1) is 12.7 Å². The van der Waals surface area contributed by atoms with Crippen molar-refractivity contribution in [2.24, 2.45) is 0 Å². The Bertz CT molecular complexity index is 899. The van der Waals surface area contributed by atoms with E-state index in [1.165, 1.54) is 29.5 Å². The van der Waals surface area contributed by atoms with Gasteiger partial charge in [-0.25, -0.2) is 9.37 Å². The number of carbonyl (C=O) groups excluding carboxylic acids is 1. The molecule has 0 aliphatic rings. The van der Waals surface area contributed by atoms with Crippen molar-refractivity contribution < 1.29 is 9.18 Å². The first-order valence-corrected chi connectivity index (χ1v) is 8.51. The van der Waals surface area contributed by atoms with Gasteiger partial charge < -0.3 is 0 Å². The lowest BCUT2D eigenvalue weighted by Gasteiger charge is -2.15. The number of hydrogen-bond donors (Lipinski definition) is 0. The molecule has 1 heterocycles. The minimum atomic E-state index is -0.293. The molecule has 0 saturated heterocycles. The Morgan fingerprint density at radius 2 is 2.00 bits per heavy atom. The van der Waals surface area contributed by atoms with Gasteiger partial charge in [0.15, 0.2) is 5.13 Å². The summed E-state index contributed by atoms with van der Waals surface area (Å²) in [5.41, 5.74) is 2.81. The molecule has 5 heteroatoms. The Balaban J connectivity index is 1.85. The number of aryl methyl sites for hydroxylation is 1. The lowest BCUT2D eigenvalue weighted by Crippen LogP contribution is -2.28. The van der Waals surface area contributed by atoms with E-state index in [0.717, 1.165) is 21.3 Å². The predicted octanol–water partition coefficient (Wildman–Crippen LogP) is 4.81. The summed E-state index contributed by atoms with van der Waals surface area (Å²) in [4.78, 5) is 18.8. The van der Waals surface area contributed by atoms with Crippen molar-refractivity contribution >= 4 is 38.7 Å². The molecule has 3 nitrogen and oxygen atoms in total. The largest absolute Gasteiger partial charge is 0.285 e. The van der Waals surface area contributed by atoms with Crippen molar-refractivity contribution in [3.63, 3.8) is 0 Å². The Hall–Kier alpha value is -2.53. The number of amides is 1. The van der Waals surface area contributed by atoms with Gasteiger partial charge in [-0.15, -0.1) is 0 Å². The zero-order chi connectivity index (χ0) is 17.1. The van der Waals surface area contributed by atoms with Gasteiger partial charge in [0.1, 0.15) is 5.82 Å². The highest BCUT2D eigenvalue weighted by molar-refractivity contribution is 7.22. The second kappa shape index (κ2) is 6.93. The Kier molecular flexibility index (Phi) is 4.71. The quantitative estimate of drug-likeness (QED) is 0.639. The smallest absolute Gasteiger partial charge is 0.252 e. The van der Waals surface area contributed by atoms with Crippen molar-refractivity contribution in [2.75, 3.05) is 11.4 Å². The van der Waals surface area contributed by atoms with Crippen molar-refractivity contribution in [3.8, 4) is 0 Å². The first-order valence-electron chi connectivity index (χ1n) is 7.70. The molecule has 1 amide bonds. The van der Waals surface area contributed by atoms with E-state index in [1.54, 1.807) is 23.1 Å². The zero-order valence-corrected chi connectivity index (χ0v) is 14.3. The van der Waals surface area contributed by atoms with Crippen LogP contribution in [-0.4, -0.2) is 17.4 Å². The topological polar surface area (TPSA) is 33.2 Å². The number of para-hydroxylation sites is 1. The van der Waals surface area contributed by atoms with Gasteiger partial charge in [-0.05, 0) is 49.2 Å². The van der Waals surface area contributed by atoms with Crippen LogP contribution in [0.4, 0.5) is 9.52 Å². The van der Waals surface area contributed by atoms with Gasteiger partial charge >= 0.3 is 0 Å². The SMILES string of the molecule is CCN(C(=O)C=Cc1ccc(F)cc1)c1nc2c(C)cccc2s1. The molecule has 2 aromatic carbocycles. The Morgan fingerprint density at radius 1 is 1.25 bits per heavy atom. The average Bonchev–Trinajstić information content (AvgIpc) is 3.00. The van der Waals surface area contributed by atoms with Crippen LogP contribution >= 0.6 is 11.3 Å². The summed E-state index contributed by atoms with van der Waals surface area (Å²) in [5.74, 6) is -0.433. The van der Waals surface area contributed by atoms with Gasteiger partial charge in [-0.1, -0.05) is 35.6 Å². The predicted molar refractivity (Wildman–Crippen MR) is 97.8 cm³/mol. The standard InChI is InChI=1S/C19H17FN2OS/c1-3-22(17(23)12-9-14-7-10-15(20)11-8-14)19-21-18-13(2)5-4-6-16(18)24-19/h4-12H,3H2,1-2H3. The molecule has 0 bridgehead atoms. The number of rotatable bonds is 4. The van der Waals surface area contributed by atoms with E-state index in [-0.39, 0.29) is 11.7 Å². The summed E-state index contributed by atoms with van der Waals surface area (Å²) in [6, 6.07) is 12.0. The van der Waals surface area contributed by atoms with Gasteiger partial charge in [0.25, 0.3) is 5.91 Å². The van der Waals surface area contributed by atoms with Crippen LogP contribution in [0.15, 0.2) is 48.5 Å². The molecule has 0 fully saturated rings. The minimum absolute atomic E-state index is 0.140. The molecule has 0 atom stereocenters. The number of likely N-dealkylation sites (N-methyl/N-ethyl adjacent to an activating group) is 1. The number of aromatic nitrogens is 1. The van der Waals surface area contributed by atoms with E-state index in [4.69, 9.17) is 0 Å². The average molecular weight is 340 g/mol. The van der Waals surface area contributed by atoms with Crippen LogP contribution in [0.1, 0.15) is 18.1 Å². The number of nitrogens with zero attached hydrogens (tertiary/aromatic N) is 2. The van der Waals surface area contributed by atoms with Crippen LogP contribution < -0.4 is 4.90 Å². The van der Waals surface area contributed by atoms with E-state index in [1.807, 2.05) is 32.0 Å². The lowest BCUT2D eigenvalue weighted by atomic mass is 10.2. The summed E-state index contributed by atoms with van der Waals surface area (Å²) < 4.78 is 14.0. The Morgan fingerprint density at radius 3 is 2.67 bits per heavy atom. The fraction of sp³-hybridized carbons (Fsp3) is 0.158. The molecule has 1 aromatic heterocycles. The fourth-order valence-corrected chi connectivity index (χ4v) is 3.52. The summed E-state index contributed by atoms with van der Waals surface area (Å²) in [6.45, 7) is 4.46. The van der Waals surface area contributed by atoms with Crippen LogP contribution in [0.2, 0.25) is 0 Å². The maximum absolute atomic E-state index is 12.9. The van der Waals surface area contributed by atoms with Crippen LogP contribution in [0.25, 0.3) is 16.3 Å². The van der Waals surface area contributed by atoms with Crippen molar-refractivity contribution in [1.29, 1.82) is 0 Å². The number of carbonyl (C=O) groups is 1. The van der Waals surface area contributed by atoms with Gasteiger partial charge in [-0.2, -0.15) is 0 Å². The van der Waals surface area contributed by atoms with Crippen LogP contribution in [0.3, 0.4) is 0 Å². The lowest BCUT2D eigenvalue weighted by molar-refractivity contribution is -0.114. The molecule has 0 N–H and O–H groups in total. The van der Waals surface area contributed by atoms with Gasteiger partial charge in [0.05, 0.1) is 10.2 Å². The van der Waals surface area contributed by atoms with E-state index in [0.29, 0.717) is 11.7 Å². The number of fused-ring (bicyclic) bond motifs is 1. The second-order valence-corrected chi connectivity index (χ2v) is 6.39. The summed E-state index contributed by atoms with van der Waals surface area (Å²) in [5, 5.41) is 0.690. The normalized spacial score (nSPS) is 11.3. The third-order valence-electron chi connectivity index (χ3n) is 3.71. The summed E-state index contributed by atoms with van der Waals surface area (Å²) in [7, 11) is 0. The molecule has 0 spiro atoms. The summed E-state index contributed by atoms with van der Waals surface area (Å²) >= 11 is 1.51. The highest BCUT2D eigenvalue weighted by Gasteiger charge is 2.16. The fourth-order valence-electron chi connectivity index (χ4n) is 2.41. The zero-order valence-electron chi connectivity index (χ0n) is 13.5. The van der Waals surface area contributed by atoms with E-state index < -0.39 is 0 Å². The van der Waals surface area contributed by atoms with Crippen molar-refractivity contribution in [2.45, 2.75) is 13.8 Å². The van der Waals surface area contributed by atoms with Gasteiger partial charge in [0.2, 0.25) is 0 Å². The Labute approximate surface area is 144 Å². The monoisotopic (exact) mass is 340 g/mol. The number of halogens is 1. The van der Waals surface area contributed by atoms with Crippen molar-refractivity contribution in [1.82, 2.24) is 4.98 Å². The third kappa shape index (κ3) is 3.36. The molecule has 24 heavy (non-hydrogen) atoms. The van der Waals surface area contributed by atoms with E-state index >= 15 is 0 Å².